The standard InChI is InChI=1S/C16H23ClFN/c17-16-13(9-6-10-14(16)18)11-15(19)12-7-4-2-1-3-5-8-12/h6,9-10,12,15H,1-5,7-8,11,19H2. The molecule has 0 radical (unpaired) electrons. The lowest BCUT2D eigenvalue weighted by Gasteiger charge is -2.26. The van der Waals surface area contributed by atoms with Crippen LogP contribution in [0.1, 0.15) is 50.5 Å². The second-order valence-electron chi connectivity index (χ2n) is 5.69. The monoisotopic (exact) mass is 283 g/mol. The van der Waals surface area contributed by atoms with Crippen LogP contribution < -0.4 is 5.73 Å². The Kier molecular flexibility index (Phi) is 5.65. The summed E-state index contributed by atoms with van der Waals surface area (Å²) in [5, 5.41) is 0.240. The lowest BCUT2D eigenvalue weighted by Crippen LogP contribution is -2.33. The first-order chi connectivity index (χ1) is 9.18. The Labute approximate surface area is 120 Å². The topological polar surface area (TPSA) is 26.0 Å². The van der Waals surface area contributed by atoms with Crippen LogP contribution in [0.25, 0.3) is 0 Å². The molecule has 1 aromatic rings. The molecule has 0 bridgehead atoms. The maximum absolute atomic E-state index is 13.4. The predicted molar refractivity (Wildman–Crippen MR) is 78.9 cm³/mol. The van der Waals surface area contributed by atoms with Gasteiger partial charge in [-0.05, 0) is 36.8 Å². The quantitative estimate of drug-likeness (QED) is 0.854. The van der Waals surface area contributed by atoms with Crippen molar-refractivity contribution in [3.8, 4) is 0 Å². The van der Waals surface area contributed by atoms with E-state index in [1.807, 2.05) is 6.07 Å². The smallest absolute Gasteiger partial charge is 0.142 e. The molecule has 0 aliphatic heterocycles. The summed E-state index contributed by atoms with van der Waals surface area (Å²) < 4.78 is 13.4. The second-order valence-corrected chi connectivity index (χ2v) is 6.06. The van der Waals surface area contributed by atoms with Crippen molar-refractivity contribution in [2.75, 3.05) is 0 Å². The number of hydrogen-bond acceptors (Lipinski definition) is 1. The third-order valence-corrected chi connectivity index (χ3v) is 4.67. The molecule has 1 fully saturated rings. The number of hydrogen-bond donors (Lipinski definition) is 1. The van der Waals surface area contributed by atoms with Crippen molar-refractivity contribution in [3.63, 3.8) is 0 Å². The van der Waals surface area contributed by atoms with E-state index in [4.69, 9.17) is 17.3 Å². The summed E-state index contributed by atoms with van der Waals surface area (Å²) in [4.78, 5) is 0. The molecule has 0 spiro atoms. The van der Waals surface area contributed by atoms with Crippen LogP contribution in [0.5, 0.6) is 0 Å². The van der Waals surface area contributed by atoms with Gasteiger partial charge in [0, 0.05) is 6.04 Å². The van der Waals surface area contributed by atoms with Gasteiger partial charge in [0.25, 0.3) is 0 Å². The third-order valence-electron chi connectivity index (χ3n) is 4.24. The van der Waals surface area contributed by atoms with Gasteiger partial charge in [0.05, 0.1) is 5.02 Å². The molecule has 1 aromatic carbocycles. The maximum atomic E-state index is 13.4. The average molecular weight is 284 g/mol. The van der Waals surface area contributed by atoms with Crippen molar-refractivity contribution in [1.82, 2.24) is 0 Å². The average Bonchev–Trinajstić information content (AvgIpc) is 2.34. The largest absolute Gasteiger partial charge is 0.327 e. The Hall–Kier alpha value is -0.600. The van der Waals surface area contributed by atoms with Gasteiger partial charge < -0.3 is 5.73 Å². The first kappa shape index (κ1) is 14.8. The molecule has 1 atom stereocenters. The van der Waals surface area contributed by atoms with Crippen molar-refractivity contribution < 1.29 is 4.39 Å². The van der Waals surface area contributed by atoms with E-state index in [0.717, 1.165) is 5.56 Å². The minimum atomic E-state index is -0.343. The van der Waals surface area contributed by atoms with Gasteiger partial charge in [-0.1, -0.05) is 55.8 Å². The highest BCUT2D eigenvalue weighted by molar-refractivity contribution is 6.31. The van der Waals surface area contributed by atoms with Gasteiger partial charge in [-0.15, -0.1) is 0 Å². The van der Waals surface area contributed by atoms with Crippen LogP contribution in [0.15, 0.2) is 18.2 Å². The molecule has 0 heterocycles. The van der Waals surface area contributed by atoms with Crippen LogP contribution >= 0.6 is 11.6 Å². The lowest BCUT2D eigenvalue weighted by molar-refractivity contribution is 0.322. The van der Waals surface area contributed by atoms with E-state index in [9.17, 15) is 4.39 Å². The van der Waals surface area contributed by atoms with E-state index in [1.165, 1.54) is 51.0 Å². The van der Waals surface area contributed by atoms with Crippen LogP contribution in [-0.4, -0.2) is 6.04 Å². The van der Waals surface area contributed by atoms with Crippen molar-refractivity contribution in [3.05, 3.63) is 34.6 Å². The van der Waals surface area contributed by atoms with E-state index in [1.54, 1.807) is 6.07 Å². The van der Waals surface area contributed by atoms with E-state index in [0.29, 0.717) is 12.3 Å². The highest BCUT2D eigenvalue weighted by atomic mass is 35.5. The van der Waals surface area contributed by atoms with Gasteiger partial charge in [0.15, 0.2) is 0 Å². The fourth-order valence-electron chi connectivity index (χ4n) is 3.04. The third kappa shape index (κ3) is 4.19. The summed E-state index contributed by atoms with van der Waals surface area (Å²) in [6.45, 7) is 0. The molecule has 0 aromatic heterocycles. The molecule has 1 unspecified atom stereocenters. The summed E-state index contributed by atoms with van der Waals surface area (Å²) in [6, 6.07) is 5.08. The van der Waals surface area contributed by atoms with Gasteiger partial charge in [-0.2, -0.15) is 0 Å². The Balaban J connectivity index is 1.98. The van der Waals surface area contributed by atoms with Crippen LogP contribution in [0.3, 0.4) is 0 Å². The van der Waals surface area contributed by atoms with Gasteiger partial charge in [0.2, 0.25) is 0 Å². The normalized spacial score (nSPS) is 19.7. The Morgan fingerprint density at radius 3 is 2.47 bits per heavy atom. The molecule has 1 aliphatic carbocycles. The van der Waals surface area contributed by atoms with Crippen LogP contribution in [-0.2, 0) is 6.42 Å². The summed E-state index contributed by atoms with van der Waals surface area (Å²) in [5.41, 5.74) is 7.18. The number of rotatable bonds is 3. The van der Waals surface area contributed by atoms with Gasteiger partial charge in [-0.25, -0.2) is 4.39 Å². The highest BCUT2D eigenvalue weighted by Crippen LogP contribution is 2.27. The summed E-state index contributed by atoms with van der Waals surface area (Å²) in [7, 11) is 0. The van der Waals surface area contributed by atoms with Crippen LogP contribution in [0, 0.1) is 11.7 Å². The molecule has 1 saturated carbocycles. The molecule has 3 heteroatoms. The Bertz CT molecular complexity index is 400. The summed E-state index contributed by atoms with van der Waals surface area (Å²) in [6.07, 6.45) is 9.64. The van der Waals surface area contributed by atoms with Gasteiger partial charge in [-0.3, -0.25) is 0 Å². The minimum absolute atomic E-state index is 0.0948. The fraction of sp³-hybridized carbons (Fsp3) is 0.625. The molecule has 1 aliphatic rings. The van der Waals surface area contributed by atoms with E-state index >= 15 is 0 Å². The summed E-state index contributed by atoms with van der Waals surface area (Å²) in [5.74, 6) is 0.212. The Morgan fingerprint density at radius 2 is 1.79 bits per heavy atom. The zero-order chi connectivity index (χ0) is 13.7. The molecular weight excluding hydrogens is 261 g/mol. The SMILES string of the molecule is NC(Cc1cccc(F)c1Cl)C1CCCCCCC1. The van der Waals surface area contributed by atoms with Gasteiger partial charge >= 0.3 is 0 Å². The zero-order valence-electron chi connectivity index (χ0n) is 11.4. The van der Waals surface area contributed by atoms with E-state index in [-0.39, 0.29) is 16.9 Å². The second kappa shape index (κ2) is 7.25. The molecule has 2 N–H and O–H groups in total. The molecule has 2 rings (SSSR count). The zero-order valence-corrected chi connectivity index (χ0v) is 12.1. The van der Waals surface area contributed by atoms with Crippen molar-refractivity contribution in [2.45, 2.75) is 57.4 Å². The first-order valence-electron chi connectivity index (χ1n) is 7.37. The van der Waals surface area contributed by atoms with Crippen LogP contribution in [0.2, 0.25) is 5.02 Å². The van der Waals surface area contributed by atoms with Crippen molar-refractivity contribution in [1.29, 1.82) is 0 Å². The lowest BCUT2D eigenvalue weighted by atomic mass is 9.84. The number of halogens is 2. The summed E-state index contributed by atoms with van der Waals surface area (Å²) >= 11 is 6.00. The molecule has 19 heavy (non-hydrogen) atoms. The van der Waals surface area contributed by atoms with Crippen molar-refractivity contribution >= 4 is 11.6 Å². The van der Waals surface area contributed by atoms with E-state index < -0.39 is 0 Å². The maximum Gasteiger partial charge on any atom is 0.142 e. The Morgan fingerprint density at radius 1 is 1.16 bits per heavy atom. The first-order valence-corrected chi connectivity index (χ1v) is 7.74. The number of nitrogens with two attached hydrogens (primary N) is 1. The predicted octanol–water partition coefficient (Wildman–Crippen LogP) is 4.71. The van der Waals surface area contributed by atoms with Crippen molar-refractivity contribution in [2.24, 2.45) is 11.7 Å². The fourth-order valence-corrected chi connectivity index (χ4v) is 3.25. The molecule has 106 valence electrons. The minimum Gasteiger partial charge on any atom is -0.327 e. The molecule has 1 nitrogen and oxygen atoms in total. The number of benzene rings is 1. The van der Waals surface area contributed by atoms with Gasteiger partial charge in [0.1, 0.15) is 5.82 Å². The van der Waals surface area contributed by atoms with Crippen LogP contribution in [0.4, 0.5) is 4.39 Å². The van der Waals surface area contributed by atoms with E-state index in [2.05, 4.69) is 0 Å². The molecule has 0 amide bonds. The molecule has 0 saturated heterocycles. The molecular formula is C16H23ClFN. The highest BCUT2D eigenvalue weighted by Gasteiger charge is 2.20.